The van der Waals surface area contributed by atoms with E-state index in [1.54, 1.807) is 17.8 Å². The maximum atomic E-state index is 12.0. The molecule has 1 saturated heterocycles. The third-order valence-corrected chi connectivity index (χ3v) is 5.47. The van der Waals surface area contributed by atoms with E-state index in [-0.39, 0.29) is 30.7 Å². The molecule has 1 fully saturated rings. The monoisotopic (exact) mass is 412 g/mol. The number of nitrogens with zero attached hydrogens (tertiary/aromatic N) is 2. The number of aromatic nitrogens is 2. The van der Waals surface area contributed by atoms with Crippen LogP contribution in [0, 0.1) is 5.92 Å². The number of amides is 1. The Morgan fingerprint density at radius 3 is 2.96 bits per heavy atom. The lowest BCUT2D eigenvalue weighted by Crippen LogP contribution is -2.35. The summed E-state index contributed by atoms with van der Waals surface area (Å²) in [6.45, 7) is 2.88. The number of hydrogen-bond acceptors (Lipinski definition) is 4. The van der Waals surface area contributed by atoms with Crippen molar-refractivity contribution in [1.29, 1.82) is 0 Å². The predicted octanol–water partition coefficient (Wildman–Crippen LogP) is 3.30. The van der Waals surface area contributed by atoms with Gasteiger partial charge in [-0.05, 0) is 56.1 Å². The Bertz CT molecular complexity index is 828. The number of halogens is 2. The molecule has 0 spiro atoms. The Labute approximate surface area is 169 Å². The summed E-state index contributed by atoms with van der Waals surface area (Å²) < 4.78 is 2.12. The lowest BCUT2D eigenvalue weighted by molar-refractivity contribution is -0.116. The number of hydrogen-bond donors (Lipinski definition) is 2. The normalized spacial score (nSPS) is 16.7. The fourth-order valence-corrected chi connectivity index (χ4v) is 4.13. The number of thioether (sulfide) groups is 1. The van der Waals surface area contributed by atoms with Gasteiger partial charge in [-0.3, -0.25) is 9.20 Å². The standard InChI is InChI=1S/C18H20N4OS.2ClH/c23-17(21-11-13-6-8-19-9-7-13)5-4-15-10-14-12-20-16-2-1-3-18(24-15)22(14)16;;/h1-5,10,12-13,19H,6-9,11H2,(H,21,23);2*1H/b5-4+;;. The summed E-state index contributed by atoms with van der Waals surface area (Å²) in [5.41, 5.74) is 2.00. The van der Waals surface area contributed by atoms with E-state index in [4.69, 9.17) is 0 Å². The summed E-state index contributed by atoms with van der Waals surface area (Å²) in [5, 5.41) is 7.48. The molecule has 0 bridgehead atoms. The van der Waals surface area contributed by atoms with Gasteiger partial charge in [-0.1, -0.05) is 17.8 Å². The molecule has 0 aromatic carbocycles. The van der Waals surface area contributed by atoms with Crippen molar-refractivity contribution in [2.24, 2.45) is 5.92 Å². The topological polar surface area (TPSA) is 58.4 Å². The zero-order chi connectivity index (χ0) is 16.4. The van der Waals surface area contributed by atoms with Crippen LogP contribution in [0.15, 0.2) is 46.5 Å². The zero-order valence-electron chi connectivity index (χ0n) is 14.2. The number of carbonyl (C=O) groups excluding carboxylic acids is 1. The van der Waals surface area contributed by atoms with E-state index in [9.17, 15) is 4.79 Å². The molecule has 0 radical (unpaired) electrons. The fraction of sp³-hybridized carbons (Fsp3) is 0.333. The van der Waals surface area contributed by atoms with Crippen molar-refractivity contribution in [1.82, 2.24) is 20.0 Å². The predicted molar refractivity (Wildman–Crippen MR) is 111 cm³/mol. The van der Waals surface area contributed by atoms with Crippen LogP contribution < -0.4 is 10.6 Å². The number of rotatable bonds is 4. The molecule has 4 heterocycles. The minimum atomic E-state index is -0.0210. The number of carbonyl (C=O) groups is 1. The van der Waals surface area contributed by atoms with Crippen molar-refractivity contribution in [3.05, 3.63) is 47.1 Å². The van der Waals surface area contributed by atoms with Gasteiger partial charge in [-0.25, -0.2) is 4.98 Å². The smallest absolute Gasteiger partial charge is 0.244 e. The first-order valence-corrected chi connectivity index (χ1v) is 9.14. The molecule has 140 valence electrons. The van der Waals surface area contributed by atoms with Crippen molar-refractivity contribution >= 4 is 54.2 Å². The van der Waals surface area contributed by atoms with Crippen LogP contribution in [0.25, 0.3) is 11.7 Å². The molecule has 26 heavy (non-hydrogen) atoms. The van der Waals surface area contributed by atoms with Crippen molar-refractivity contribution in [3.8, 4) is 0 Å². The number of allylic oxidation sites excluding steroid dienone is 1. The van der Waals surface area contributed by atoms with E-state index in [0.717, 1.165) is 53.7 Å². The van der Waals surface area contributed by atoms with Gasteiger partial charge in [0.25, 0.3) is 0 Å². The summed E-state index contributed by atoms with van der Waals surface area (Å²) >= 11 is 1.65. The van der Waals surface area contributed by atoms with Gasteiger partial charge in [0.1, 0.15) is 5.65 Å². The van der Waals surface area contributed by atoms with Gasteiger partial charge in [-0.15, -0.1) is 24.8 Å². The highest BCUT2D eigenvalue weighted by Crippen LogP contribution is 2.34. The van der Waals surface area contributed by atoms with Crippen LogP contribution in [0.2, 0.25) is 0 Å². The van der Waals surface area contributed by atoms with Gasteiger partial charge < -0.3 is 10.6 Å². The summed E-state index contributed by atoms with van der Waals surface area (Å²) in [7, 11) is 0. The zero-order valence-corrected chi connectivity index (χ0v) is 16.6. The molecule has 0 atom stereocenters. The van der Waals surface area contributed by atoms with Gasteiger partial charge in [0.15, 0.2) is 0 Å². The fourth-order valence-electron chi connectivity index (χ4n) is 3.14. The number of pyridine rings is 1. The lowest BCUT2D eigenvalue weighted by Gasteiger charge is -2.22. The van der Waals surface area contributed by atoms with Crippen LogP contribution in [0.4, 0.5) is 0 Å². The molecule has 5 nitrogen and oxygen atoms in total. The van der Waals surface area contributed by atoms with Crippen LogP contribution in [-0.4, -0.2) is 34.9 Å². The van der Waals surface area contributed by atoms with E-state index in [1.807, 2.05) is 24.4 Å². The second-order valence-corrected chi connectivity index (χ2v) is 7.26. The Balaban J connectivity index is 0.00000121. The highest BCUT2D eigenvalue weighted by molar-refractivity contribution is 8.03. The van der Waals surface area contributed by atoms with Gasteiger partial charge >= 0.3 is 0 Å². The van der Waals surface area contributed by atoms with Gasteiger partial charge in [-0.2, -0.15) is 0 Å². The molecule has 0 unspecified atom stereocenters. The quantitative estimate of drug-likeness (QED) is 0.756. The van der Waals surface area contributed by atoms with Gasteiger partial charge in [0.2, 0.25) is 5.91 Å². The molecule has 2 aromatic rings. The molecule has 2 aliphatic rings. The van der Waals surface area contributed by atoms with Crippen molar-refractivity contribution in [3.63, 3.8) is 0 Å². The van der Waals surface area contributed by atoms with Crippen LogP contribution >= 0.6 is 36.6 Å². The first kappa shape index (κ1) is 20.8. The van der Waals surface area contributed by atoms with Crippen LogP contribution in [0.5, 0.6) is 0 Å². The van der Waals surface area contributed by atoms with Crippen LogP contribution in [0.1, 0.15) is 18.5 Å². The van der Waals surface area contributed by atoms with E-state index in [1.165, 1.54) is 0 Å². The third kappa shape index (κ3) is 4.62. The van der Waals surface area contributed by atoms with Crippen molar-refractivity contribution < 1.29 is 4.79 Å². The second kappa shape index (κ2) is 9.46. The lowest BCUT2D eigenvalue weighted by atomic mass is 9.98. The number of piperidine rings is 1. The molecule has 2 N–H and O–H groups in total. The molecule has 0 saturated carbocycles. The van der Waals surface area contributed by atoms with Crippen LogP contribution in [-0.2, 0) is 4.79 Å². The molecule has 4 rings (SSSR count). The molecular weight excluding hydrogens is 391 g/mol. The molecule has 0 aliphatic carbocycles. The minimum Gasteiger partial charge on any atom is -0.352 e. The maximum absolute atomic E-state index is 12.0. The minimum absolute atomic E-state index is 0. The van der Waals surface area contributed by atoms with Gasteiger partial charge in [0, 0.05) is 17.5 Å². The Morgan fingerprint density at radius 2 is 2.15 bits per heavy atom. The summed E-state index contributed by atoms with van der Waals surface area (Å²) in [5.74, 6) is 0.575. The maximum Gasteiger partial charge on any atom is 0.244 e. The SMILES string of the molecule is Cl.Cl.O=C(/C=C/C1=Cc2cnc3cccc(n23)S1)NCC1CCNCC1. The number of nitrogens with one attached hydrogen (secondary N) is 2. The number of imidazole rings is 1. The van der Waals surface area contributed by atoms with Crippen molar-refractivity contribution in [2.75, 3.05) is 19.6 Å². The largest absolute Gasteiger partial charge is 0.352 e. The highest BCUT2D eigenvalue weighted by atomic mass is 35.5. The third-order valence-electron chi connectivity index (χ3n) is 4.46. The van der Waals surface area contributed by atoms with E-state index < -0.39 is 0 Å². The molecular formula is C18H22Cl2N4OS. The second-order valence-electron chi connectivity index (χ2n) is 6.16. The van der Waals surface area contributed by atoms with Gasteiger partial charge in [0.05, 0.1) is 16.9 Å². The van der Waals surface area contributed by atoms with E-state index in [0.29, 0.717) is 5.92 Å². The molecule has 1 amide bonds. The first-order chi connectivity index (χ1) is 11.8. The molecule has 2 aromatic heterocycles. The highest BCUT2D eigenvalue weighted by Gasteiger charge is 2.15. The Hall–Kier alpha value is -1.47. The average molecular weight is 413 g/mol. The molecule has 2 aliphatic heterocycles. The summed E-state index contributed by atoms with van der Waals surface area (Å²) in [6, 6.07) is 6.07. The first-order valence-electron chi connectivity index (χ1n) is 8.32. The molecule has 8 heteroatoms. The average Bonchev–Trinajstić information content (AvgIpc) is 3.04. The van der Waals surface area contributed by atoms with E-state index >= 15 is 0 Å². The van der Waals surface area contributed by atoms with Crippen LogP contribution in [0.3, 0.4) is 0 Å². The Morgan fingerprint density at radius 1 is 1.35 bits per heavy atom. The van der Waals surface area contributed by atoms with Crippen molar-refractivity contribution in [2.45, 2.75) is 17.9 Å². The Kier molecular flexibility index (Phi) is 7.58. The summed E-state index contributed by atoms with van der Waals surface area (Å²) in [6.07, 6.45) is 9.72. The van der Waals surface area contributed by atoms with E-state index in [2.05, 4.69) is 32.2 Å². The summed E-state index contributed by atoms with van der Waals surface area (Å²) in [4.78, 5) is 17.5.